The second-order valence-electron chi connectivity index (χ2n) is 5.42. The van der Waals surface area contributed by atoms with Crippen LogP contribution in [0, 0.1) is 0 Å². The van der Waals surface area contributed by atoms with Gasteiger partial charge in [0.1, 0.15) is 0 Å². The Labute approximate surface area is 120 Å². The van der Waals surface area contributed by atoms with Crippen molar-refractivity contribution >= 4 is 5.97 Å². The first-order valence-corrected chi connectivity index (χ1v) is 7.29. The number of hydrogen-bond donors (Lipinski definition) is 1. The Morgan fingerprint density at radius 1 is 1.35 bits per heavy atom. The van der Waals surface area contributed by atoms with E-state index >= 15 is 0 Å². The van der Waals surface area contributed by atoms with Gasteiger partial charge < -0.3 is 9.84 Å². The van der Waals surface area contributed by atoms with Gasteiger partial charge in [-0.25, -0.2) is 0 Å². The van der Waals surface area contributed by atoms with E-state index in [1.54, 1.807) is 0 Å². The molecule has 0 aromatic heterocycles. The molecule has 110 valence electrons. The van der Waals surface area contributed by atoms with Crippen LogP contribution in [-0.2, 0) is 9.53 Å². The highest BCUT2D eigenvalue weighted by atomic mass is 16.5. The van der Waals surface area contributed by atoms with Crippen LogP contribution in [0.2, 0.25) is 0 Å². The van der Waals surface area contributed by atoms with Gasteiger partial charge in [-0.3, -0.25) is 9.69 Å². The average Bonchev–Trinajstić information content (AvgIpc) is 2.44. The normalized spacial score (nSPS) is 23.6. The maximum absolute atomic E-state index is 10.6. The topological polar surface area (TPSA) is 49.8 Å². The smallest absolute Gasteiger partial charge is 0.303 e. The second kappa shape index (κ2) is 7.41. The van der Waals surface area contributed by atoms with E-state index in [2.05, 4.69) is 36.1 Å². The number of hydrogen-bond acceptors (Lipinski definition) is 3. The predicted octanol–water partition coefficient (Wildman–Crippen LogP) is 2.70. The molecule has 4 heteroatoms. The number of nitrogens with zero attached hydrogens (tertiary/aromatic N) is 1. The van der Waals surface area contributed by atoms with Crippen molar-refractivity contribution in [1.82, 2.24) is 4.90 Å². The monoisotopic (exact) mass is 277 g/mol. The summed E-state index contributed by atoms with van der Waals surface area (Å²) in [5, 5.41) is 8.69. The second-order valence-corrected chi connectivity index (χ2v) is 5.42. The lowest BCUT2D eigenvalue weighted by atomic mass is 10.0. The number of carbonyl (C=O) groups is 1. The van der Waals surface area contributed by atoms with Crippen molar-refractivity contribution in [3.05, 3.63) is 35.9 Å². The molecule has 0 spiro atoms. The van der Waals surface area contributed by atoms with Crippen molar-refractivity contribution in [2.75, 3.05) is 19.7 Å². The molecule has 2 atom stereocenters. The molecule has 1 heterocycles. The molecule has 0 amide bonds. The number of unbranched alkanes of at least 4 members (excludes halogenated alkanes) is 1. The lowest BCUT2D eigenvalue weighted by Gasteiger charge is -2.39. The first kappa shape index (κ1) is 15.0. The summed E-state index contributed by atoms with van der Waals surface area (Å²) < 4.78 is 5.78. The first-order valence-electron chi connectivity index (χ1n) is 7.29. The molecule has 0 bridgehead atoms. The minimum Gasteiger partial charge on any atom is -0.481 e. The van der Waals surface area contributed by atoms with E-state index in [1.807, 2.05) is 6.07 Å². The molecule has 0 radical (unpaired) electrons. The van der Waals surface area contributed by atoms with Crippen LogP contribution < -0.4 is 0 Å². The minimum absolute atomic E-state index is 0.245. The zero-order valence-corrected chi connectivity index (χ0v) is 12.0. The number of ether oxygens (including phenoxy) is 1. The van der Waals surface area contributed by atoms with Crippen LogP contribution in [0.4, 0.5) is 0 Å². The molecule has 4 nitrogen and oxygen atoms in total. The van der Waals surface area contributed by atoms with E-state index in [0.29, 0.717) is 6.61 Å². The quantitative estimate of drug-likeness (QED) is 0.812. The van der Waals surface area contributed by atoms with Gasteiger partial charge in [0.15, 0.2) is 0 Å². The third-order valence-corrected chi connectivity index (χ3v) is 3.74. The summed E-state index contributed by atoms with van der Waals surface area (Å²) in [6.07, 6.45) is 2.16. The Bertz CT molecular complexity index is 421. The van der Waals surface area contributed by atoms with E-state index in [1.165, 1.54) is 5.56 Å². The summed E-state index contributed by atoms with van der Waals surface area (Å²) in [4.78, 5) is 13.0. The zero-order chi connectivity index (χ0) is 14.4. The Balaban J connectivity index is 1.93. The lowest BCUT2D eigenvalue weighted by Crippen LogP contribution is -2.44. The number of carboxylic acids is 1. The highest BCUT2D eigenvalue weighted by molar-refractivity contribution is 5.66. The predicted molar refractivity (Wildman–Crippen MR) is 77.7 cm³/mol. The van der Waals surface area contributed by atoms with Gasteiger partial charge in [0.2, 0.25) is 0 Å². The Morgan fingerprint density at radius 2 is 2.10 bits per heavy atom. The fourth-order valence-electron chi connectivity index (χ4n) is 2.69. The molecule has 1 aliphatic rings. The van der Waals surface area contributed by atoms with Crippen LogP contribution in [-0.4, -0.2) is 41.8 Å². The molecule has 1 aromatic rings. The highest BCUT2D eigenvalue weighted by Crippen LogP contribution is 2.26. The van der Waals surface area contributed by atoms with Gasteiger partial charge in [-0.1, -0.05) is 30.3 Å². The molecule has 1 N–H and O–H groups in total. The fraction of sp³-hybridized carbons (Fsp3) is 0.562. The Kier molecular flexibility index (Phi) is 5.56. The van der Waals surface area contributed by atoms with Crippen molar-refractivity contribution < 1.29 is 14.6 Å². The average molecular weight is 277 g/mol. The summed E-state index contributed by atoms with van der Waals surface area (Å²) in [6, 6.07) is 10.7. The third kappa shape index (κ3) is 4.32. The molecule has 1 aromatic carbocycles. The molecule has 1 aliphatic heterocycles. The summed E-state index contributed by atoms with van der Waals surface area (Å²) in [6.45, 7) is 4.64. The summed E-state index contributed by atoms with van der Waals surface area (Å²) in [5.74, 6) is -0.708. The van der Waals surface area contributed by atoms with Gasteiger partial charge >= 0.3 is 5.97 Å². The van der Waals surface area contributed by atoms with Crippen LogP contribution in [0.15, 0.2) is 30.3 Å². The number of benzene rings is 1. The maximum Gasteiger partial charge on any atom is 0.303 e. The molecule has 1 saturated heterocycles. The molecule has 20 heavy (non-hydrogen) atoms. The molecule has 1 fully saturated rings. The lowest BCUT2D eigenvalue weighted by molar-refractivity contribution is -0.137. The van der Waals surface area contributed by atoms with Crippen molar-refractivity contribution in [1.29, 1.82) is 0 Å². The number of carboxylic acid groups (broad SMARTS) is 1. The van der Waals surface area contributed by atoms with Gasteiger partial charge in [0, 0.05) is 13.0 Å². The van der Waals surface area contributed by atoms with Crippen LogP contribution in [0.5, 0.6) is 0 Å². The van der Waals surface area contributed by atoms with Crippen LogP contribution in [0.3, 0.4) is 0 Å². The van der Waals surface area contributed by atoms with Crippen LogP contribution in [0.25, 0.3) is 0 Å². The highest BCUT2D eigenvalue weighted by Gasteiger charge is 2.27. The van der Waals surface area contributed by atoms with E-state index in [4.69, 9.17) is 9.84 Å². The fourth-order valence-corrected chi connectivity index (χ4v) is 2.69. The standard InChI is InChI=1S/C16H23NO3/c1-13-11-17(10-6-5-9-16(18)19)15(12-20-13)14-7-3-2-4-8-14/h2-4,7-8,13,15H,5-6,9-12H2,1H3,(H,18,19). The van der Waals surface area contributed by atoms with Gasteiger partial charge in [-0.15, -0.1) is 0 Å². The minimum atomic E-state index is -0.708. The van der Waals surface area contributed by atoms with Gasteiger partial charge in [-0.05, 0) is 31.9 Å². The Hall–Kier alpha value is -1.39. The van der Waals surface area contributed by atoms with E-state index in [-0.39, 0.29) is 18.6 Å². The van der Waals surface area contributed by atoms with Gasteiger partial charge in [0.05, 0.1) is 18.8 Å². The van der Waals surface area contributed by atoms with Crippen molar-refractivity contribution in [3.8, 4) is 0 Å². The molecule has 2 unspecified atom stereocenters. The van der Waals surface area contributed by atoms with Crippen LogP contribution >= 0.6 is 0 Å². The summed E-state index contributed by atoms with van der Waals surface area (Å²) >= 11 is 0. The van der Waals surface area contributed by atoms with Gasteiger partial charge in [0.25, 0.3) is 0 Å². The number of rotatable bonds is 6. The third-order valence-electron chi connectivity index (χ3n) is 3.74. The van der Waals surface area contributed by atoms with Crippen molar-refractivity contribution in [3.63, 3.8) is 0 Å². The maximum atomic E-state index is 10.6. The molecule has 0 aliphatic carbocycles. The Morgan fingerprint density at radius 3 is 2.80 bits per heavy atom. The van der Waals surface area contributed by atoms with Crippen molar-refractivity contribution in [2.24, 2.45) is 0 Å². The summed E-state index contributed by atoms with van der Waals surface area (Å²) in [7, 11) is 0. The number of aliphatic carboxylic acids is 1. The first-order chi connectivity index (χ1) is 9.66. The summed E-state index contributed by atoms with van der Waals surface area (Å²) in [5.41, 5.74) is 1.28. The molecule has 2 rings (SSSR count). The van der Waals surface area contributed by atoms with Crippen molar-refractivity contribution in [2.45, 2.75) is 38.3 Å². The molecule has 0 saturated carbocycles. The van der Waals surface area contributed by atoms with Gasteiger partial charge in [-0.2, -0.15) is 0 Å². The number of morpholine rings is 1. The molecular weight excluding hydrogens is 254 g/mol. The largest absolute Gasteiger partial charge is 0.481 e. The zero-order valence-electron chi connectivity index (χ0n) is 12.0. The SMILES string of the molecule is CC1CN(CCCCC(=O)O)C(c2ccccc2)CO1. The van der Waals surface area contributed by atoms with E-state index in [9.17, 15) is 4.79 Å². The van der Waals surface area contributed by atoms with E-state index < -0.39 is 5.97 Å². The van der Waals surface area contributed by atoms with Crippen LogP contribution in [0.1, 0.15) is 37.8 Å². The molecular formula is C16H23NO3. The van der Waals surface area contributed by atoms with E-state index in [0.717, 1.165) is 25.9 Å².